The van der Waals surface area contributed by atoms with Gasteiger partial charge in [0.15, 0.2) is 0 Å². The molecule has 9 heteroatoms. The summed E-state index contributed by atoms with van der Waals surface area (Å²) >= 11 is 0. The number of rotatable bonds is 4. The molecule has 1 aliphatic heterocycles. The van der Waals surface area contributed by atoms with Gasteiger partial charge in [-0.2, -0.15) is 14.5 Å². The lowest BCUT2D eigenvalue weighted by atomic mass is 10.00. The third-order valence-corrected chi connectivity index (χ3v) is 5.53. The fourth-order valence-electron chi connectivity index (χ4n) is 2.67. The van der Waals surface area contributed by atoms with Crippen LogP contribution in [0.1, 0.15) is 12.8 Å². The van der Waals surface area contributed by atoms with Crippen LogP contribution in [-0.2, 0) is 23.6 Å². The minimum Gasteiger partial charge on any atom is -0.274 e. The Hall–Kier alpha value is -1.74. The molecule has 2 aromatic heterocycles. The third kappa shape index (κ3) is 2.98. The highest BCUT2D eigenvalue weighted by Crippen LogP contribution is 2.24. The number of hydrogen-bond acceptors (Lipinski definition) is 5. The molecule has 1 aliphatic rings. The van der Waals surface area contributed by atoms with Crippen molar-refractivity contribution in [1.29, 1.82) is 0 Å². The normalized spacial score (nSPS) is 20.7. The van der Waals surface area contributed by atoms with Crippen LogP contribution in [-0.4, -0.2) is 50.4 Å². The fourth-order valence-corrected chi connectivity index (χ4v) is 4.21. The van der Waals surface area contributed by atoms with Crippen molar-refractivity contribution in [2.45, 2.75) is 24.3 Å². The predicted molar refractivity (Wildman–Crippen MR) is 74.7 cm³/mol. The SMILES string of the molecule is Cn1cc(S(=O)(=O)N2CCC[C@@H](Cn3cncn3)C2)cn1. The first-order valence-electron chi connectivity index (χ1n) is 6.87. The van der Waals surface area contributed by atoms with Crippen LogP contribution >= 0.6 is 0 Å². The van der Waals surface area contributed by atoms with Crippen LogP contribution in [0.15, 0.2) is 29.9 Å². The van der Waals surface area contributed by atoms with E-state index >= 15 is 0 Å². The molecule has 0 radical (unpaired) electrons. The first kappa shape index (κ1) is 14.2. The lowest BCUT2D eigenvalue weighted by Gasteiger charge is -2.31. The van der Waals surface area contributed by atoms with Gasteiger partial charge in [0.2, 0.25) is 10.0 Å². The highest BCUT2D eigenvalue weighted by atomic mass is 32.2. The average Bonchev–Trinajstić information content (AvgIpc) is 3.11. The highest BCUT2D eigenvalue weighted by Gasteiger charge is 2.31. The lowest BCUT2D eigenvalue weighted by molar-refractivity contribution is 0.239. The van der Waals surface area contributed by atoms with E-state index in [0.717, 1.165) is 12.8 Å². The molecule has 3 rings (SSSR count). The van der Waals surface area contributed by atoms with Crippen molar-refractivity contribution in [1.82, 2.24) is 28.9 Å². The Labute approximate surface area is 123 Å². The molecule has 1 fully saturated rings. The molecule has 0 amide bonds. The van der Waals surface area contributed by atoms with Crippen LogP contribution in [0.4, 0.5) is 0 Å². The van der Waals surface area contributed by atoms with Gasteiger partial charge < -0.3 is 0 Å². The molecule has 2 aromatic rings. The van der Waals surface area contributed by atoms with Crippen LogP contribution < -0.4 is 0 Å². The number of sulfonamides is 1. The van der Waals surface area contributed by atoms with Gasteiger partial charge in [0.1, 0.15) is 17.6 Å². The van der Waals surface area contributed by atoms with Gasteiger partial charge in [-0.1, -0.05) is 0 Å². The highest BCUT2D eigenvalue weighted by molar-refractivity contribution is 7.89. The van der Waals surface area contributed by atoms with Gasteiger partial charge in [-0.05, 0) is 18.8 Å². The smallest absolute Gasteiger partial charge is 0.246 e. The standard InChI is InChI=1S/C12H18N6O2S/c1-16-8-12(5-14-16)21(19,20)18-4-2-3-11(7-18)6-17-10-13-9-15-17/h5,8-11H,2-4,6-7H2,1H3/t11-/m0/s1. The number of hydrogen-bond donors (Lipinski definition) is 0. The van der Waals surface area contributed by atoms with E-state index in [4.69, 9.17) is 0 Å². The van der Waals surface area contributed by atoms with Crippen LogP contribution in [0.25, 0.3) is 0 Å². The molecule has 0 bridgehead atoms. The summed E-state index contributed by atoms with van der Waals surface area (Å²) in [5, 5.41) is 8.03. The van der Waals surface area contributed by atoms with Gasteiger partial charge in [0.25, 0.3) is 0 Å². The monoisotopic (exact) mass is 310 g/mol. The molecule has 1 atom stereocenters. The largest absolute Gasteiger partial charge is 0.274 e. The Bertz CT molecular complexity index is 693. The van der Waals surface area contributed by atoms with Crippen molar-refractivity contribution in [2.24, 2.45) is 13.0 Å². The van der Waals surface area contributed by atoms with E-state index in [-0.39, 0.29) is 10.8 Å². The molecular weight excluding hydrogens is 292 g/mol. The molecular formula is C12H18N6O2S. The molecule has 0 N–H and O–H groups in total. The lowest BCUT2D eigenvalue weighted by Crippen LogP contribution is -2.41. The maximum absolute atomic E-state index is 12.6. The van der Waals surface area contributed by atoms with E-state index in [0.29, 0.717) is 19.6 Å². The van der Waals surface area contributed by atoms with E-state index in [1.54, 1.807) is 22.4 Å². The molecule has 0 aliphatic carbocycles. The molecule has 0 saturated carbocycles. The summed E-state index contributed by atoms with van der Waals surface area (Å²) in [4.78, 5) is 4.17. The Morgan fingerprint density at radius 2 is 2.24 bits per heavy atom. The number of piperidine rings is 1. The third-order valence-electron chi connectivity index (χ3n) is 3.71. The van der Waals surface area contributed by atoms with E-state index < -0.39 is 10.0 Å². The van der Waals surface area contributed by atoms with Crippen molar-refractivity contribution >= 4 is 10.0 Å². The Morgan fingerprint density at radius 3 is 2.90 bits per heavy atom. The zero-order chi connectivity index (χ0) is 14.9. The summed E-state index contributed by atoms with van der Waals surface area (Å²) < 4.78 is 30.0. The van der Waals surface area contributed by atoms with Crippen molar-refractivity contribution in [3.8, 4) is 0 Å². The molecule has 0 aromatic carbocycles. The van der Waals surface area contributed by atoms with Crippen molar-refractivity contribution < 1.29 is 8.42 Å². The Morgan fingerprint density at radius 1 is 1.38 bits per heavy atom. The Balaban J connectivity index is 1.73. The molecule has 0 unspecified atom stereocenters. The molecule has 114 valence electrons. The molecule has 21 heavy (non-hydrogen) atoms. The minimum absolute atomic E-state index is 0.256. The first-order valence-corrected chi connectivity index (χ1v) is 8.31. The van der Waals surface area contributed by atoms with Crippen LogP contribution in [0, 0.1) is 5.92 Å². The van der Waals surface area contributed by atoms with E-state index in [2.05, 4.69) is 15.2 Å². The fraction of sp³-hybridized carbons (Fsp3) is 0.583. The van der Waals surface area contributed by atoms with Crippen molar-refractivity contribution in [3.63, 3.8) is 0 Å². The van der Waals surface area contributed by atoms with Crippen molar-refractivity contribution in [2.75, 3.05) is 13.1 Å². The van der Waals surface area contributed by atoms with Crippen LogP contribution in [0.2, 0.25) is 0 Å². The summed E-state index contributed by atoms with van der Waals surface area (Å²) in [7, 11) is -1.74. The summed E-state index contributed by atoms with van der Waals surface area (Å²) in [5.74, 6) is 0.256. The second-order valence-electron chi connectivity index (χ2n) is 5.34. The van der Waals surface area contributed by atoms with Gasteiger partial charge in [0.05, 0.1) is 6.20 Å². The van der Waals surface area contributed by atoms with Crippen LogP contribution in [0.3, 0.4) is 0 Å². The molecule has 8 nitrogen and oxygen atoms in total. The zero-order valence-electron chi connectivity index (χ0n) is 11.8. The number of aryl methyl sites for hydroxylation is 1. The van der Waals surface area contributed by atoms with Crippen molar-refractivity contribution in [3.05, 3.63) is 25.0 Å². The Kier molecular flexibility index (Phi) is 3.77. The van der Waals surface area contributed by atoms with Gasteiger partial charge in [-0.25, -0.2) is 13.4 Å². The predicted octanol–water partition coefficient (Wildman–Crippen LogP) is 0.112. The van der Waals surface area contributed by atoms with Crippen LogP contribution in [0.5, 0.6) is 0 Å². The molecule has 3 heterocycles. The second-order valence-corrected chi connectivity index (χ2v) is 7.28. The van der Waals surface area contributed by atoms with Gasteiger partial charge in [0, 0.05) is 32.9 Å². The summed E-state index contributed by atoms with van der Waals surface area (Å²) in [6.07, 6.45) is 7.95. The summed E-state index contributed by atoms with van der Waals surface area (Å²) in [5.41, 5.74) is 0. The average molecular weight is 310 g/mol. The summed E-state index contributed by atoms with van der Waals surface area (Å²) in [6.45, 7) is 1.77. The van der Waals surface area contributed by atoms with E-state index in [1.165, 1.54) is 23.4 Å². The van der Waals surface area contributed by atoms with E-state index in [1.807, 2.05) is 0 Å². The topological polar surface area (TPSA) is 85.9 Å². The quantitative estimate of drug-likeness (QED) is 0.800. The molecule has 1 saturated heterocycles. The van der Waals surface area contributed by atoms with Gasteiger partial charge in [-0.15, -0.1) is 0 Å². The molecule has 0 spiro atoms. The van der Waals surface area contributed by atoms with Gasteiger partial charge in [-0.3, -0.25) is 9.36 Å². The van der Waals surface area contributed by atoms with Gasteiger partial charge >= 0.3 is 0 Å². The maximum atomic E-state index is 12.6. The number of nitrogens with zero attached hydrogens (tertiary/aromatic N) is 6. The number of aromatic nitrogens is 5. The summed E-state index contributed by atoms with van der Waals surface area (Å²) in [6, 6.07) is 0. The minimum atomic E-state index is -3.45. The maximum Gasteiger partial charge on any atom is 0.246 e. The van der Waals surface area contributed by atoms with E-state index in [9.17, 15) is 8.42 Å². The second kappa shape index (κ2) is 5.57. The first-order chi connectivity index (χ1) is 10.1. The zero-order valence-corrected chi connectivity index (χ0v) is 12.6.